The predicted molar refractivity (Wildman–Crippen MR) is 111 cm³/mol. The van der Waals surface area contributed by atoms with Crippen molar-refractivity contribution < 1.29 is 4.79 Å². The number of benzene rings is 1. The lowest BCUT2D eigenvalue weighted by atomic mass is 10.0. The molecule has 2 fully saturated rings. The minimum Gasteiger partial charge on any atom is -0.352 e. The first-order valence-corrected chi connectivity index (χ1v) is 10.5. The summed E-state index contributed by atoms with van der Waals surface area (Å²) in [5, 5.41) is 3.34. The number of amides is 1. The lowest BCUT2D eigenvalue weighted by Gasteiger charge is -2.33. The molecule has 0 spiro atoms. The van der Waals surface area contributed by atoms with Crippen LogP contribution in [0.1, 0.15) is 36.9 Å². The van der Waals surface area contributed by atoms with Gasteiger partial charge in [-0.15, -0.1) is 0 Å². The van der Waals surface area contributed by atoms with Crippen LogP contribution in [0, 0.1) is 0 Å². The quantitative estimate of drug-likeness (QED) is 0.840. The van der Waals surface area contributed by atoms with Gasteiger partial charge in [-0.3, -0.25) is 19.6 Å². The molecule has 3 heterocycles. The summed E-state index contributed by atoms with van der Waals surface area (Å²) in [5.41, 5.74) is 2.40. The number of pyridine rings is 1. The summed E-state index contributed by atoms with van der Waals surface area (Å²) in [5.74, 6) is 0.219. The number of nitrogens with one attached hydrogen (secondary N) is 1. The van der Waals surface area contributed by atoms with Gasteiger partial charge in [0.1, 0.15) is 0 Å². The topological polar surface area (TPSA) is 48.5 Å². The highest BCUT2D eigenvalue weighted by atomic mass is 16.2. The van der Waals surface area contributed by atoms with Crippen molar-refractivity contribution in [1.29, 1.82) is 0 Å². The monoisotopic (exact) mass is 378 g/mol. The Labute approximate surface area is 167 Å². The fourth-order valence-electron chi connectivity index (χ4n) is 4.38. The summed E-state index contributed by atoms with van der Waals surface area (Å²) in [6.07, 6.45) is 5.96. The average Bonchev–Trinajstić information content (AvgIpc) is 3.19. The van der Waals surface area contributed by atoms with E-state index in [-0.39, 0.29) is 11.9 Å². The third-order valence-electron chi connectivity index (χ3n) is 5.94. The van der Waals surface area contributed by atoms with Crippen LogP contribution in [-0.4, -0.2) is 52.4 Å². The number of hydrogen-bond acceptors (Lipinski definition) is 4. The first kappa shape index (κ1) is 19.1. The summed E-state index contributed by atoms with van der Waals surface area (Å²) < 4.78 is 0. The molecule has 1 aromatic heterocycles. The van der Waals surface area contributed by atoms with E-state index in [4.69, 9.17) is 0 Å². The molecule has 2 saturated heterocycles. The molecule has 1 amide bonds. The molecule has 1 N–H and O–H groups in total. The van der Waals surface area contributed by atoms with Gasteiger partial charge >= 0.3 is 0 Å². The summed E-state index contributed by atoms with van der Waals surface area (Å²) >= 11 is 0. The van der Waals surface area contributed by atoms with E-state index in [1.54, 1.807) is 0 Å². The Bertz CT molecular complexity index is 744. The van der Waals surface area contributed by atoms with Gasteiger partial charge in [0.25, 0.3) is 0 Å². The van der Waals surface area contributed by atoms with Crippen LogP contribution in [0.3, 0.4) is 0 Å². The van der Waals surface area contributed by atoms with Gasteiger partial charge in [0, 0.05) is 38.4 Å². The maximum atomic E-state index is 12.9. The first-order chi connectivity index (χ1) is 13.8. The number of rotatable bonds is 6. The van der Waals surface area contributed by atoms with Crippen molar-refractivity contribution in [2.45, 2.75) is 50.9 Å². The fourth-order valence-corrected chi connectivity index (χ4v) is 4.38. The lowest BCUT2D eigenvalue weighted by molar-refractivity contribution is -0.126. The van der Waals surface area contributed by atoms with E-state index in [2.05, 4.69) is 50.4 Å². The Kier molecular flexibility index (Phi) is 6.34. The van der Waals surface area contributed by atoms with E-state index >= 15 is 0 Å². The molecule has 0 bridgehead atoms. The van der Waals surface area contributed by atoms with Crippen molar-refractivity contribution in [2.75, 3.05) is 19.6 Å². The molecule has 28 heavy (non-hydrogen) atoms. The van der Waals surface area contributed by atoms with Crippen LogP contribution in [0.2, 0.25) is 0 Å². The van der Waals surface area contributed by atoms with Gasteiger partial charge in [0.2, 0.25) is 5.91 Å². The van der Waals surface area contributed by atoms with E-state index in [0.717, 1.165) is 64.1 Å². The van der Waals surface area contributed by atoms with Crippen molar-refractivity contribution in [2.24, 2.45) is 0 Å². The molecular formula is C23H30N4O. The minimum absolute atomic E-state index is 0.0201. The Morgan fingerprint density at radius 2 is 1.75 bits per heavy atom. The van der Waals surface area contributed by atoms with Crippen LogP contribution in [0.4, 0.5) is 0 Å². The zero-order valence-corrected chi connectivity index (χ0v) is 16.5. The maximum absolute atomic E-state index is 12.9. The first-order valence-electron chi connectivity index (χ1n) is 10.5. The molecular weight excluding hydrogens is 348 g/mol. The smallest absolute Gasteiger partial charge is 0.237 e. The highest BCUT2D eigenvalue weighted by molar-refractivity contribution is 5.82. The third kappa shape index (κ3) is 4.97. The van der Waals surface area contributed by atoms with E-state index < -0.39 is 0 Å². The Morgan fingerprint density at radius 3 is 2.50 bits per heavy atom. The third-order valence-corrected chi connectivity index (χ3v) is 5.94. The van der Waals surface area contributed by atoms with E-state index in [1.165, 1.54) is 5.56 Å². The van der Waals surface area contributed by atoms with Crippen molar-refractivity contribution in [1.82, 2.24) is 20.1 Å². The van der Waals surface area contributed by atoms with Gasteiger partial charge < -0.3 is 5.32 Å². The van der Waals surface area contributed by atoms with Gasteiger partial charge in [-0.05, 0) is 49.9 Å². The zero-order valence-electron chi connectivity index (χ0n) is 16.5. The van der Waals surface area contributed by atoms with Crippen molar-refractivity contribution in [3.8, 4) is 0 Å². The van der Waals surface area contributed by atoms with Crippen LogP contribution in [0.5, 0.6) is 0 Å². The molecule has 2 aliphatic rings. The van der Waals surface area contributed by atoms with Crippen LogP contribution in [0.25, 0.3) is 0 Å². The number of piperidine rings is 1. The minimum atomic E-state index is 0.0201. The normalized spacial score (nSPS) is 21.6. The molecule has 0 saturated carbocycles. The van der Waals surface area contributed by atoms with Crippen LogP contribution in [0.15, 0.2) is 54.7 Å². The second kappa shape index (κ2) is 9.30. The second-order valence-electron chi connectivity index (χ2n) is 7.99. The standard InChI is InChI=1S/C23H30N4O/c28-23(22-10-6-14-27(22)17-19-7-2-1-3-8-19)25-20-11-15-26(16-12-20)18-21-9-4-5-13-24-21/h1-5,7-9,13,20,22H,6,10-12,14-18H2,(H,25,28)/t22-/m1/s1. The van der Waals surface area contributed by atoms with Gasteiger partial charge in [0.05, 0.1) is 11.7 Å². The molecule has 0 aliphatic carbocycles. The molecule has 148 valence electrons. The molecule has 2 aliphatic heterocycles. The maximum Gasteiger partial charge on any atom is 0.237 e. The van der Waals surface area contributed by atoms with Gasteiger partial charge in [-0.1, -0.05) is 36.4 Å². The zero-order chi connectivity index (χ0) is 19.2. The van der Waals surface area contributed by atoms with Crippen LogP contribution >= 0.6 is 0 Å². The Hall–Kier alpha value is -2.24. The van der Waals surface area contributed by atoms with Gasteiger partial charge in [-0.2, -0.15) is 0 Å². The highest BCUT2D eigenvalue weighted by Crippen LogP contribution is 2.21. The molecule has 1 atom stereocenters. The van der Waals surface area contributed by atoms with Crippen LogP contribution in [-0.2, 0) is 17.9 Å². The van der Waals surface area contributed by atoms with Crippen molar-refractivity contribution in [3.63, 3.8) is 0 Å². The SMILES string of the molecule is O=C(NC1CCN(Cc2ccccn2)CC1)[C@H]1CCCN1Cc1ccccc1. The Balaban J connectivity index is 1.25. The van der Waals surface area contributed by atoms with Crippen LogP contribution < -0.4 is 5.32 Å². The number of hydrogen-bond donors (Lipinski definition) is 1. The molecule has 0 radical (unpaired) electrons. The van der Waals surface area contributed by atoms with E-state index in [0.29, 0.717) is 6.04 Å². The number of nitrogens with zero attached hydrogens (tertiary/aromatic N) is 3. The molecule has 4 rings (SSSR count). The summed E-state index contributed by atoms with van der Waals surface area (Å²) in [6.45, 7) is 4.80. The van der Waals surface area contributed by atoms with E-state index in [1.807, 2.05) is 24.4 Å². The number of likely N-dealkylation sites (tertiary alicyclic amines) is 2. The highest BCUT2D eigenvalue weighted by Gasteiger charge is 2.32. The molecule has 0 unspecified atom stereocenters. The Morgan fingerprint density at radius 1 is 0.964 bits per heavy atom. The van der Waals surface area contributed by atoms with Crippen molar-refractivity contribution in [3.05, 3.63) is 66.0 Å². The summed E-state index contributed by atoms with van der Waals surface area (Å²) in [7, 11) is 0. The van der Waals surface area contributed by atoms with Gasteiger partial charge in [-0.25, -0.2) is 0 Å². The van der Waals surface area contributed by atoms with E-state index in [9.17, 15) is 4.79 Å². The molecule has 2 aromatic rings. The number of carbonyl (C=O) groups excluding carboxylic acids is 1. The number of carbonyl (C=O) groups is 1. The summed E-state index contributed by atoms with van der Waals surface area (Å²) in [6, 6.07) is 16.9. The average molecular weight is 379 g/mol. The summed E-state index contributed by atoms with van der Waals surface area (Å²) in [4.78, 5) is 22.1. The molecule has 1 aromatic carbocycles. The van der Waals surface area contributed by atoms with Crippen molar-refractivity contribution >= 4 is 5.91 Å². The largest absolute Gasteiger partial charge is 0.352 e. The second-order valence-corrected chi connectivity index (χ2v) is 7.99. The van der Waals surface area contributed by atoms with Gasteiger partial charge in [0.15, 0.2) is 0 Å². The molecule has 5 heteroatoms. The molecule has 5 nitrogen and oxygen atoms in total. The fraction of sp³-hybridized carbons (Fsp3) is 0.478. The lowest BCUT2D eigenvalue weighted by Crippen LogP contribution is -2.50. The number of aromatic nitrogens is 1. The predicted octanol–water partition coefficient (Wildman–Crippen LogP) is 2.83.